The van der Waals surface area contributed by atoms with Crippen molar-refractivity contribution in [2.75, 3.05) is 4.90 Å². The summed E-state index contributed by atoms with van der Waals surface area (Å²) in [5.74, 6) is 0. The van der Waals surface area contributed by atoms with Gasteiger partial charge in [0.2, 0.25) is 0 Å². The fourth-order valence-corrected chi connectivity index (χ4v) is 2.43. The number of hydrogen-bond donors (Lipinski definition) is 0. The van der Waals surface area contributed by atoms with Gasteiger partial charge >= 0.3 is 23.1 Å². The molecule has 0 aliphatic carbocycles. The average molecular weight is 424 g/mol. The Kier molecular flexibility index (Phi) is 9.29. The first kappa shape index (κ1) is 20.0. The maximum Gasteiger partial charge on any atom is 2.00 e. The van der Waals surface area contributed by atoms with Crippen molar-refractivity contribution in [1.29, 1.82) is 0 Å². The van der Waals surface area contributed by atoms with E-state index in [1.807, 2.05) is 18.2 Å². The molecule has 0 aliphatic rings. The number of rotatable bonds is 5. The van der Waals surface area contributed by atoms with Gasteiger partial charge in [0.15, 0.2) is 0 Å². The second kappa shape index (κ2) is 10.7. The molecule has 0 amide bonds. The van der Waals surface area contributed by atoms with E-state index in [2.05, 4.69) is 77.7 Å². The van der Waals surface area contributed by atoms with Crippen LogP contribution in [0.2, 0.25) is 0 Å². The summed E-state index contributed by atoms with van der Waals surface area (Å²) in [4.78, 5) is 2.38. The summed E-state index contributed by atoms with van der Waals surface area (Å²) in [5.41, 5.74) is 3.83. The van der Waals surface area contributed by atoms with Crippen molar-refractivity contribution < 1.29 is 24.0 Å². The van der Waals surface area contributed by atoms with Crippen molar-refractivity contribution in [3.63, 3.8) is 0 Å². The molecule has 0 N–H and O–H groups in total. The van der Waals surface area contributed by atoms with Crippen LogP contribution < -0.4 is 28.9 Å². The van der Waals surface area contributed by atoms with Gasteiger partial charge in [0.1, 0.15) is 0 Å². The Balaban J connectivity index is 0.00000132. The third-order valence-corrected chi connectivity index (χ3v) is 3.49. The fourth-order valence-electron chi connectivity index (χ4n) is 2.43. The summed E-state index contributed by atoms with van der Waals surface area (Å²) in [6, 6.07) is 32.5. The summed E-state index contributed by atoms with van der Waals surface area (Å²) in [6.45, 7) is 1.79. The molecule has 0 fully saturated rings. The van der Waals surface area contributed by atoms with Crippen LogP contribution in [0.4, 0.5) is 5.69 Å². The molecule has 0 unspecified atom stereocenters. The Morgan fingerprint density at radius 3 is 1.65 bits per heavy atom. The van der Waals surface area contributed by atoms with Crippen LogP contribution in [0.3, 0.4) is 0 Å². The van der Waals surface area contributed by atoms with Gasteiger partial charge in [-0.05, 0) is 11.1 Å². The SMILES string of the molecule is [I-].[Mg+2].[c-]1cccc(N(Cc2ccccc2)Cc2ccccc2)c1. The average Bonchev–Trinajstić information content (AvgIpc) is 2.57. The maximum atomic E-state index is 3.17. The van der Waals surface area contributed by atoms with Crippen LogP contribution in [0.1, 0.15) is 11.1 Å². The summed E-state index contributed by atoms with van der Waals surface area (Å²) in [6.07, 6.45) is 0. The number of anilines is 1. The monoisotopic (exact) mass is 423 g/mol. The first-order valence-electron chi connectivity index (χ1n) is 7.21. The van der Waals surface area contributed by atoms with Crippen LogP contribution >= 0.6 is 0 Å². The molecule has 0 bridgehead atoms. The maximum absolute atomic E-state index is 3.17. The Hall–Kier alpha value is -1.04. The van der Waals surface area contributed by atoms with Crippen molar-refractivity contribution in [2.24, 2.45) is 0 Å². The predicted molar refractivity (Wildman–Crippen MR) is 93.8 cm³/mol. The van der Waals surface area contributed by atoms with Crippen LogP contribution in [0, 0.1) is 6.07 Å². The van der Waals surface area contributed by atoms with Gasteiger partial charge in [0.25, 0.3) is 0 Å². The Morgan fingerprint density at radius 2 is 1.22 bits per heavy atom. The van der Waals surface area contributed by atoms with E-state index in [9.17, 15) is 0 Å². The fraction of sp³-hybridized carbons (Fsp3) is 0.100. The van der Waals surface area contributed by atoms with E-state index in [4.69, 9.17) is 0 Å². The minimum atomic E-state index is 0. The minimum Gasteiger partial charge on any atom is -1.00 e. The second-order valence-corrected chi connectivity index (χ2v) is 5.09. The van der Waals surface area contributed by atoms with Crippen molar-refractivity contribution >= 4 is 28.7 Å². The molecule has 0 saturated heterocycles. The van der Waals surface area contributed by atoms with Gasteiger partial charge in [-0.1, -0.05) is 66.4 Å². The molecule has 0 atom stereocenters. The molecule has 112 valence electrons. The van der Waals surface area contributed by atoms with E-state index in [-0.39, 0.29) is 47.0 Å². The van der Waals surface area contributed by atoms with Crippen LogP contribution in [-0.4, -0.2) is 23.1 Å². The third kappa shape index (κ3) is 6.16. The van der Waals surface area contributed by atoms with Gasteiger partial charge in [-0.25, -0.2) is 0 Å². The zero-order valence-corrected chi connectivity index (χ0v) is 16.6. The summed E-state index contributed by atoms with van der Waals surface area (Å²) >= 11 is 0. The predicted octanol–water partition coefficient (Wildman–Crippen LogP) is 1.32. The van der Waals surface area contributed by atoms with Gasteiger partial charge in [-0.15, -0.1) is 6.07 Å². The Bertz CT molecular complexity index is 617. The van der Waals surface area contributed by atoms with Crippen LogP contribution in [-0.2, 0) is 13.1 Å². The topological polar surface area (TPSA) is 3.24 Å². The Labute approximate surface area is 171 Å². The number of nitrogens with zero attached hydrogens (tertiary/aromatic N) is 1. The number of hydrogen-bond acceptors (Lipinski definition) is 1. The second-order valence-electron chi connectivity index (χ2n) is 5.09. The van der Waals surface area contributed by atoms with E-state index in [0.717, 1.165) is 13.1 Å². The summed E-state index contributed by atoms with van der Waals surface area (Å²) in [7, 11) is 0. The van der Waals surface area contributed by atoms with Crippen molar-refractivity contribution in [3.8, 4) is 0 Å². The van der Waals surface area contributed by atoms with E-state index in [1.165, 1.54) is 16.8 Å². The summed E-state index contributed by atoms with van der Waals surface area (Å²) in [5, 5.41) is 0. The molecule has 3 heteroatoms. The van der Waals surface area contributed by atoms with E-state index >= 15 is 0 Å². The van der Waals surface area contributed by atoms with E-state index in [1.54, 1.807) is 0 Å². The van der Waals surface area contributed by atoms with E-state index in [0.29, 0.717) is 0 Å². The van der Waals surface area contributed by atoms with Gasteiger partial charge < -0.3 is 28.9 Å². The molecule has 0 aliphatic heterocycles. The molecule has 3 aromatic rings. The molecule has 3 aromatic carbocycles. The largest absolute Gasteiger partial charge is 2.00 e. The number of benzene rings is 3. The first-order valence-corrected chi connectivity index (χ1v) is 7.21. The first-order chi connectivity index (χ1) is 10.4. The molecule has 0 spiro atoms. The van der Waals surface area contributed by atoms with Crippen molar-refractivity contribution in [3.05, 3.63) is 102 Å². The molecule has 0 heterocycles. The standard InChI is InChI=1S/C20H18N.HI.Mg/c1-4-10-18(11-5-1)16-21(20-14-8-3-9-15-20)17-19-12-6-2-7-13-19;;/h1-8,10-15H,16-17H2;1H;/q-1;;+2/p-1. The van der Waals surface area contributed by atoms with Gasteiger partial charge in [-0.2, -0.15) is 24.3 Å². The van der Waals surface area contributed by atoms with Gasteiger partial charge in [-0.3, -0.25) is 0 Å². The minimum absolute atomic E-state index is 0. The molecular formula is C20H18IMgN. The Morgan fingerprint density at radius 1 is 0.696 bits per heavy atom. The normalized spacial score (nSPS) is 9.39. The molecule has 23 heavy (non-hydrogen) atoms. The van der Waals surface area contributed by atoms with Gasteiger partial charge in [0.05, 0.1) is 0 Å². The van der Waals surface area contributed by atoms with Crippen LogP contribution in [0.25, 0.3) is 0 Å². The molecular weight excluding hydrogens is 405 g/mol. The van der Waals surface area contributed by atoms with Crippen LogP contribution in [0.5, 0.6) is 0 Å². The van der Waals surface area contributed by atoms with Crippen LogP contribution in [0.15, 0.2) is 84.9 Å². The molecule has 0 aromatic heterocycles. The molecule has 3 rings (SSSR count). The smallest absolute Gasteiger partial charge is 1.00 e. The molecule has 0 saturated carbocycles. The van der Waals surface area contributed by atoms with Crippen molar-refractivity contribution in [2.45, 2.75) is 13.1 Å². The molecule has 1 nitrogen and oxygen atoms in total. The summed E-state index contributed by atoms with van der Waals surface area (Å²) < 4.78 is 0. The van der Waals surface area contributed by atoms with Gasteiger partial charge in [0, 0.05) is 13.1 Å². The third-order valence-electron chi connectivity index (χ3n) is 3.49. The quantitative estimate of drug-likeness (QED) is 0.340. The molecule has 0 radical (unpaired) electrons. The zero-order chi connectivity index (χ0) is 14.3. The zero-order valence-electron chi connectivity index (χ0n) is 13.0. The van der Waals surface area contributed by atoms with Crippen molar-refractivity contribution in [1.82, 2.24) is 0 Å². The number of halogens is 1. The van der Waals surface area contributed by atoms with E-state index < -0.39 is 0 Å².